The van der Waals surface area contributed by atoms with Gasteiger partial charge in [-0.2, -0.15) is 5.26 Å². The van der Waals surface area contributed by atoms with E-state index in [0.29, 0.717) is 6.42 Å². The Balaban J connectivity index is 2.10. The van der Waals surface area contributed by atoms with E-state index in [1.165, 1.54) is 0 Å². The Hall–Kier alpha value is -1.63. The Morgan fingerprint density at radius 1 is 1.28 bits per heavy atom. The van der Waals surface area contributed by atoms with E-state index in [0.717, 1.165) is 18.4 Å². The highest BCUT2D eigenvalue weighted by Gasteiger charge is 2.30. The van der Waals surface area contributed by atoms with Crippen LogP contribution in [-0.2, 0) is 9.47 Å². The third-order valence-corrected chi connectivity index (χ3v) is 2.98. The summed E-state index contributed by atoms with van der Waals surface area (Å²) in [4.78, 5) is 0. The topological polar surface area (TPSA) is 42.2 Å². The van der Waals surface area contributed by atoms with Crippen LogP contribution in [0.1, 0.15) is 31.1 Å². The van der Waals surface area contributed by atoms with Crippen LogP contribution in [0.5, 0.6) is 0 Å². The Morgan fingerprint density at radius 2 is 2.00 bits per heavy atom. The van der Waals surface area contributed by atoms with Gasteiger partial charge >= 0.3 is 0 Å². The molecule has 0 unspecified atom stereocenters. The van der Waals surface area contributed by atoms with E-state index >= 15 is 0 Å². The van der Waals surface area contributed by atoms with Gasteiger partial charge in [-0.05, 0) is 6.42 Å². The van der Waals surface area contributed by atoms with Crippen LogP contribution in [0.4, 0.5) is 0 Å². The van der Waals surface area contributed by atoms with Crippen molar-refractivity contribution in [1.29, 1.82) is 5.26 Å². The van der Waals surface area contributed by atoms with Crippen molar-refractivity contribution in [3.63, 3.8) is 0 Å². The fourth-order valence-corrected chi connectivity index (χ4v) is 2.12. The molecule has 0 N–H and O–H groups in total. The van der Waals surface area contributed by atoms with Crippen LogP contribution in [0, 0.1) is 11.3 Å². The summed E-state index contributed by atoms with van der Waals surface area (Å²) in [5, 5.41) is 8.80. The molecular formula is C15H17NO2. The first-order valence-electron chi connectivity index (χ1n) is 6.17. The van der Waals surface area contributed by atoms with Crippen molar-refractivity contribution in [2.45, 2.75) is 37.8 Å². The van der Waals surface area contributed by atoms with Crippen molar-refractivity contribution in [3.05, 3.63) is 48.6 Å². The zero-order valence-corrected chi connectivity index (χ0v) is 10.3. The molecule has 0 aliphatic carbocycles. The lowest BCUT2D eigenvalue weighted by Crippen LogP contribution is -2.33. The highest BCUT2D eigenvalue weighted by Crippen LogP contribution is 2.32. The summed E-state index contributed by atoms with van der Waals surface area (Å²) in [6.45, 7) is 3.74. The Kier molecular flexibility index (Phi) is 4.52. The molecule has 3 atom stereocenters. The van der Waals surface area contributed by atoms with Gasteiger partial charge in [0.25, 0.3) is 0 Å². The molecule has 2 rings (SSSR count). The van der Waals surface area contributed by atoms with Gasteiger partial charge in [0, 0.05) is 12.0 Å². The van der Waals surface area contributed by atoms with Crippen LogP contribution in [0.25, 0.3) is 0 Å². The van der Waals surface area contributed by atoms with E-state index in [4.69, 9.17) is 14.7 Å². The summed E-state index contributed by atoms with van der Waals surface area (Å²) < 4.78 is 11.7. The Labute approximate surface area is 108 Å². The standard InChI is InChI=1S/C15H17NO2/c1-2-6-13-11-14(9-10-16)18-15(17-13)12-7-4-3-5-8-12/h2-5,7-8,13-15H,1,6,9,11H2/t13-,14-,15+/m1/s1. The van der Waals surface area contributed by atoms with Crippen molar-refractivity contribution >= 4 is 0 Å². The number of rotatable bonds is 4. The van der Waals surface area contributed by atoms with E-state index in [-0.39, 0.29) is 18.5 Å². The quantitative estimate of drug-likeness (QED) is 0.761. The number of hydrogen-bond donors (Lipinski definition) is 0. The second kappa shape index (κ2) is 6.34. The molecule has 0 saturated carbocycles. The maximum absolute atomic E-state index is 8.80. The van der Waals surface area contributed by atoms with Crippen molar-refractivity contribution in [2.24, 2.45) is 0 Å². The molecule has 1 fully saturated rings. The SMILES string of the molecule is C=CC[C@@H]1C[C@@H](CC#N)O[C@@H](c2ccccc2)O1. The molecule has 1 aliphatic heterocycles. The molecule has 94 valence electrons. The second-order valence-electron chi connectivity index (χ2n) is 4.38. The summed E-state index contributed by atoms with van der Waals surface area (Å²) in [5.41, 5.74) is 0.995. The average molecular weight is 243 g/mol. The van der Waals surface area contributed by atoms with Gasteiger partial charge in [0.05, 0.1) is 24.7 Å². The number of ether oxygens (including phenoxy) is 2. The highest BCUT2D eigenvalue weighted by molar-refractivity contribution is 5.16. The lowest BCUT2D eigenvalue weighted by Gasteiger charge is -2.34. The molecule has 1 aromatic carbocycles. The molecule has 1 saturated heterocycles. The summed E-state index contributed by atoms with van der Waals surface area (Å²) in [5.74, 6) is 0. The lowest BCUT2D eigenvalue weighted by molar-refractivity contribution is -0.245. The van der Waals surface area contributed by atoms with Gasteiger partial charge in [-0.3, -0.25) is 0 Å². The summed E-state index contributed by atoms with van der Waals surface area (Å²) in [7, 11) is 0. The van der Waals surface area contributed by atoms with Crippen LogP contribution in [0.2, 0.25) is 0 Å². The van der Waals surface area contributed by atoms with Crippen molar-refractivity contribution < 1.29 is 9.47 Å². The summed E-state index contributed by atoms with van der Waals surface area (Å²) in [6, 6.07) is 12.0. The third kappa shape index (κ3) is 3.19. The second-order valence-corrected chi connectivity index (χ2v) is 4.38. The molecule has 0 bridgehead atoms. The normalized spacial score (nSPS) is 27.4. The first-order chi connectivity index (χ1) is 8.83. The monoisotopic (exact) mass is 243 g/mol. The molecule has 0 amide bonds. The van der Waals surface area contributed by atoms with E-state index in [1.54, 1.807) is 0 Å². The first kappa shape index (κ1) is 12.8. The maximum Gasteiger partial charge on any atom is 0.184 e. The van der Waals surface area contributed by atoms with Crippen LogP contribution < -0.4 is 0 Å². The maximum atomic E-state index is 8.80. The van der Waals surface area contributed by atoms with Crippen LogP contribution >= 0.6 is 0 Å². The number of hydrogen-bond acceptors (Lipinski definition) is 3. The predicted octanol–water partition coefficient (Wildman–Crippen LogP) is 3.35. The summed E-state index contributed by atoms with van der Waals surface area (Å²) >= 11 is 0. The number of benzene rings is 1. The Morgan fingerprint density at radius 3 is 2.67 bits per heavy atom. The minimum absolute atomic E-state index is 0.0566. The fourth-order valence-electron chi connectivity index (χ4n) is 2.12. The van der Waals surface area contributed by atoms with Gasteiger partial charge in [0.2, 0.25) is 0 Å². The highest BCUT2D eigenvalue weighted by atomic mass is 16.7. The van der Waals surface area contributed by atoms with E-state index in [9.17, 15) is 0 Å². The molecule has 1 heterocycles. The zero-order chi connectivity index (χ0) is 12.8. The van der Waals surface area contributed by atoms with Crippen molar-refractivity contribution in [3.8, 4) is 6.07 Å². The van der Waals surface area contributed by atoms with Crippen LogP contribution in [0.15, 0.2) is 43.0 Å². The predicted molar refractivity (Wildman–Crippen MR) is 68.6 cm³/mol. The minimum atomic E-state index is -0.372. The van der Waals surface area contributed by atoms with Crippen LogP contribution in [-0.4, -0.2) is 12.2 Å². The largest absolute Gasteiger partial charge is 0.345 e. The number of nitriles is 1. The van der Waals surface area contributed by atoms with Gasteiger partial charge in [0.15, 0.2) is 6.29 Å². The molecule has 1 aromatic rings. The molecule has 3 nitrogen and oxygen atoms in total. The zero-order valence-electron chi connectivity index (χ0n) is 10.3. The molecule has 0 radical (unpaired) electrons. The average Bonchev–Trinajstić information content (AvgIpc) is 2.40. The molecule has 1 aliphatic rings. The van der Waals surface area contributed by atoms with E-state index in [2.05, 4.69) is 12.6 Å². The molecule has 0 spiro atoms. The molecule has 0 aromatic heterocycles. The van der Waals surface area contributed by atoms with Gasteiger partial charge in [0.1, 0.15) is 0 Å². The van der Waals surface area contributed by atoms with Crippen LogP contribution in [0.3, 0.4) is 0 Å². The van der Waals surface area contributed by atoms with Gasteiger partial charge < -0.3 is 9.47 Å². The van der Waals surface area contributed by atoms with Crippen molar-refractivity contribution in [2.75, 3.05) is 0 Å². The fraction of sp³-hybridized carbons (Fsp3) is 0.400. The lowest BCUT2D eigenvalue weighted by atomic mass is 10.0. The summed E-state index contributed by atoms with van der Waals surface area (Å²) in [6.07, 6.45) is 3.45. The van der Waals surface area contributed by atoms with Gasteiger partial charge in [-0.25, -0.2) is 0 Å². The molecule has 18 heavy (non-hydrogen) atoms. The van der Waals surface area contributed by atoms with E-state index in [1.807, 2.05) is 36.4 Å². The Bertz CT molecular complexity index is 424. The molecular weight excluding hydrogens is 226 g/mol. The molecule has 3 heteroatoms. The van der Waals surface area contributed by atoms with Gasteiger partial charge in [-0.15, -0.1) is 6.58 Å². The van der Waals surface area contributed by atoms with E-state index < -0.39 is 0 Å². The van der Waals surface area contributed by atoms with Crippen molar-refractivity contribution in [1.82, 2.24) is 0 Å². The number of nitrogens with zero attached hydrogens (tertiary/aromatic N) is 1. The first-order valence-corrected chi connectivity index (χ1v) is 6.17. The third-order valence-electron chi connectivity index (χ3n) is 2.98. The smallest absolute Gasteiger partial charge is 0.184 e. The van der Waals surface area contributed by atoms with Gasteiger partial charge in [-0.1, -0.05) is 36.4 Å². The minimum Gasteiger partial charge on any atom is -0.345 e.